The largest absolute Gasteiger partial charge is 0.541 e. The highest BCUT2D eigenvalue weighted by Gasteiger charge is 2.51. The number of aliphatic hydroxyl groups is 2. The SMILES string of the molecule is CCCC(=O)OP(=O)(OC[C@H]1O[C@@H](n2cnc3c(N)ncnc32)[C@H](O)[C@@H]1OP(=O)(O)O)OP(=O)(O)OCC(C)(C)C(O)C(=O)NCCC(=O)NCCSC(=O)CC(C)=O. The number of hydrogen-bond donors (Lipinski definition) is 8. The second-order valence-corrected chi connectivity index (χ2v) is 18.9. The first-order chi connectivity index (χ1) is 27.4. The Bertz CT molecular complexity index is 1980. The Morgan fingerprint density at radius 2 is 1.75 bits per heavy atom. The molecule has 0 aliphatic carbocycles. The molecule has 3 unspecified atom stereocenters. The van der Waals surface area contributed by atoms with Gasteiger partial charge >= 0.3 is 29.4 Å². The molecule has 0 spiro atoms. The van der Waals surface area contributed by atoms with Crippen molar-refractivity contribution in [2.45, 2.75) is 84.0 Å². The van der Waals surface area contributed by atoms with Crippen LogP contribution in [0.5, 0.6) is 0 Å². The molecule has 1 saturated heterocycles. The fraction of sp³-hybridized carbons (Fsp3) is 0.655. The van der Waals surface area contributed by atoms with Crippen molar-refractivity contribution in [1.82, 2.24) is 30.2 Å². The maximum absolute atomic E-state index is 13.7. The van der Waals surface area contributed by atoms with Crippen molar-refractivity contribution >= 4 is 80.9 Å². The maximum atomic E-state index is 13.7. The summed E-state index contributed by atoms with van der Waals surface area (Å²) in [6.07, 6.45) is -7.69. The van der Waals surface area contributed by atoms with Gasteiger partial charge in [0.25, 0.3) is 0 Å². The van der Waals surface area contributed by atoms with Crippen LogP contribution < -0.4 is 16.4 Å². The van der Waals surface area contributed by atoms with Crippen LogP contribution in [0, 0.1) is 5.41 Å². The number of ether oxygens (including phenoxy) is 1. The minimum Gasteiger partial charge on any atom is -0.386 e. The number of Topliss-reactive ketones (excluding diaryl/α,β-unsaturated/α-hetero) is 1. The van der Waals surface area contributed by atoms with Crippen LogP contribution in [-0.4, -0.2) is 130 Å². The summed E-state index contributed by atoms with van der Waals surface area (Å²) < 4.78 is 69.7. The number of thioether (sulfide) groups is 1. The second kappa shape index (κ2) is 21.5. The summed E-state index contributed by atoms with van der Waals surface area (Å²) in [5, 5.41) is 26.2. The highest BCUT2D eigenvalue weighted by Crippen LogP contribution is 2.64. The second-order valence-electron chi connectivity index (χ2n) is 13.4. The number of phosphoric ester groups is 3. The highest BCUT2D eigenvalue weighted by atomic mass is 32.2. The Balaban J connectivity index is 1.65. The van der Waals surface area contributed by atoms with E-state index in [2.05, 4.69) is 25.6 Å². The van der Waals surface area contributed by atoms with Gasteiger partial charge in [0.1, 0.15) is 42.0 Å². The van der Waals surface area contributed by atoms with Gasteiger partial charge in [0.2, 0.25) is 11.8 Å². The molecule has 1 aliphatic rings. The Kier molecular flexibility index (Phi) is 18.3. The molecule has 2 amide bonds. The van der Waals surface area contributed by atoms with Crippen LogP contribution in [0.2, 0.25) is 0 Å². The van der Waals surface area contributed by atoms with Crippen molar-refractivity contribution in [3.05, 3.63) is 12.7 Å². The molecule has 0 bridgehead atoms. The summed E-state index contributed by atoms with van der Waals surface area (Å²) in [4.78, 5) is 101. The Labute approximate surface area is 340 Å². The van der Waals surface area contributed by atoms with Crippen molar-refractivity contribution in [2.24, 2.45) is 5.41 Å². The fourth-order valence-electron chi connectivity index (χ4n) is 4.96. The molecule has 1 fully saturated rings. The number of aromatic nitrogens is 4. The summed E-state index contributed by atoms with van der Waals surface area (Å²) >= 11 is 0.874. The number of amides is 2. The predicted molar refractivity (Wildman–Crippen MR) is 201 cm³/mol. The monoisotopic (exact) mass is 921 g/mol. The van der Waals surface area contributed by atoms with Crippen molar-refractivity contribution in [1.29, 1.82) is 0 Å². The van der Waals surface area contributed by atoms with E-state index in [9.17, 15) is 62.6 Å². The summed E-state index contributed by atoms with van der Waals surface area (Å²) in [7, 11) is -16.5. The van der Waals surface area contributed by atoms with E-state index >= 15 is 0 Å². The van der Waals surface area contributed by atoms with Gasteiger partial charge in [-0.15, -0.1) is 0 Å². The van der Waals surface area contributed by atoms with E-state index in [1.54, 1.807) is 0 Å². The first-order valence-corrected chi connectivity index (χ1v) is 22.9. The third kappa shape index (κ3) is 15.6. The minimum absolute atomic E-state index is 0.0114. The number of anilines is 1. The number of hydrogen-bond acceptors (Lipinski definition) is 21. The molecule has 0 radical (unpaired) electrons. The minimum atomic E-state index is -5.61. The zero-order valence-electron chi connectivity index (χ0n) is 32.0. The zero-order valence-corrected chi connectivity index (χ0v) is 35.5. The van der Waals surface area contributed by atoms with E-state index in [1.807, 2.05) is 0 Å². The normalized spacial score (nSPS) is 21.0. The van der Waals surface area contributed by atoms with Crippen molar-refractivity contribution in [2.75, 3.05) is 37.8 Å². The average Bonchev–Trinajstić information content (AvgIpc) is 3.68. The lowest BCUT2D eigenvalue weighted by Crippen LogP contribution is -2.46. The molecule has 2 aromatic rings. The summed E-state index contributed by atoms with van der Waals surface area (Å²) in [5.41, 5.74) is 4.21. The Hall–Kier alpha value is -3.26. The van der Waals surface area contributed by atoms with E-state index in [0.29, 0.717) is 0 Å². The van der Waals surface area contributed by atoms with Crippen molar-refractivity contribution < 1.29 is 89.7 Å². The van der Waals surface area contributed by atoms with Gasteiger partial charge in [0.15, 0.2) is 22.8 Å². The number of aliphatic hydroxyl groups excluding tert-OH is 2. The van der Waals surface area contributed by atoms with Gasteiger partial charge < -0.3 is 50.5 Å². The van der Waals surface area contributed by atoms with Gasteiger partial charge in [-0.3, -0.25) is 42.1 Å². The van der Waals surface area contributed by atoms with Gasteiger partial charge in [-0.25, -0.2) is 28.6 Å². The lowest BCUT2D eigenvalue weighted by atomic mass is 9.87. The number of carbonyl (C=O) groups excluding carboxylic acids is 5. The molecule has 332 valence electrons. The van der Waals surface area contributed by atoms with Gasteiger partial charge in [-0.05, 0) is 13.3 Å². The smallest absolute Gasteiger partial charge is 0.386 e. The molecule has 0 saturated carbocycles. The van der Waals surface area contributed by atoms with E-state index < -0.39 is 96.9 Å². The summed E-state index contributed by atoms with van der Waals surface area (Å²) in [6.45, 7) is 3.06. The van der Waals surface area contributed by atoms with Crippen LogP contribution in [0.15, 0.2) is 12.7 Å². The van der Waals surface area contributed by atoms with Gasteiger partial charge in [-0.1, -0.05) is 32.5 Å². The number of rotatable bonds is 24. The third-order valence-corrected chi connectivity index (χ3v) is 12.2. The van der Waals surface area contributed by atoms with E-state index in [-0.39, 0.29) is 66.0 Å². The van der Waals surface area contributed by atoms with Gasteiger partial charge in [-0.2, -0.15) is 4.31 Å². The number of ketones is 1. The first-order valence-electron chi connectivity index (χ1n) is 17.4. The highest BCUT2D eigenvalue weighted by molar-refractivity contribution is 8.13. The third-order valence-electron chi connectivity index (χ3n) is 7.82. The number of carbonyl (C=O) groups is 5. The van der Waals surface area contributed by atoms with Crippen LogP contribution >= 0.6 is 35.2 Å². The molecule has 0 aromatic carbocycles. The molecule has 3 heterocycles. The standard InChI is InChI=1S/C29H46N7O19P3S/c1-5-6-19(39)53-58(49,50-12-17-23(54-56(44,45)46)22(41)28(52-17)36-15-35-21-25(30)33-14-34-26(21)36)55-57(47,48)51-13-29(3,4)24(42)27(43)32-8-7-18(38)31-9-10-59-20(40)11-16(2)37/h14-15,17,22-24,28,41-42H,5-13H2,1-4H3,(H,31,38)(H,32,43)(H,47,48)(H2,30,33,34)(H2,44,45,46)/t17-,22-,23-,24?,28-,58?/m1/s1. The van der Waals surface area contributed by atoms with Crippen LogP contribution in [0.1, 0.15) is 59.6 Å². The number of nitrogens with zero attached hydrogens (tertiary/aromatic N) is 4. The van der Waals surface area contributed by atoms with Gasteiger partial charge in [0.05, 0.1) is 26.0 Å². The van der Waals surface area contributed by atoms with Crippen molar-refractivity contribution in [3.8, 4) is 0 Å². The van der Waals surface area contributed by atoms with Crippen LogP contribution in [-0.2, 0) is 64.8 Å². The van der Waals surface area contributed by atoms with Crippen LogP contribution in [0.3, 0.4) is 0 Å². The molecule has 2 aromatic heterocycles. The molecule has 9 N–H and O–H groups in total. The average molecular weight is 922 g/mol. The van der Waals surface area contributed by atoms with Gasteiger partial charge in [0, 0.05) is 37.1 Å². The van der Waals surface area contributed by atoms with Crippen LogP contribution in [0.25, 0.3) is 11.2 Å². The quantitative estimate of drug-likeness (QED) is 0.0390. The molecular formula is C29H46N7O19P3S. The lowest BCUT2D eigenvalue weighted by Gasteiger charge is -2.30. The Morgan fingerprint density at radius 3 is 2.39 bits per heavy atom. The lowest BCUT2D eigenvalue weighted by molar-refractivity contribution is -0.138. The molecule has 30 heteroatoms. The summed E-state index contributed by atoms with van der Waals surface area (Å²) in [5.74, 6) is -2.90. The molecular weight excluding hydrogens is 875 g/mol. The Morgan fingerprint density at radius 1 is 1.05 bits per heavy atom. The number of nitrogen functional groups attached to an aromatic ring is 1. The first kappa shape index (κ1) is 50.1. The zero-order chi connectivity index (χ0) is 44.3. The van der Waals surface area contributed by atoms with Crippen LogP contribution in [0.4, 0.5) is 5.82 Å². The fourth-order valence-corrected chi connectivity index (χ4v) is 9.01. The number of imidazole rings is 1. The molecule has 7 atom stereocenters. The van der Waals surface area contributed by atoms with E-state index in [0.717, 1.165) is 29.0 Å². The predicted octanol–water partition coefficient (Wildman–Crippen LogP) is -0.00520. The van der Waals surface area contributed by atoms with E-state index in [1.165, 1.54) is 27.7 Å². The molecule has 1 aliphatic heterocycles. The number of phosphoric acid groups is 3. The molecule has 26 nitrogen and oxygen atoms in total. The molecule has 3 rings (SSSR count). The maximum Gasteiger partial charge on any atom is 0.541 e. The summed E-state index contributed by atoms with van der Waals surface area (Å²) in [6, 6.07) is 0. The topological polar surface area (TPSA) is 387 Å². The number of nitrogens with two attached hydrogens (primary N) is 1. The molecule has 59 heavy (non-hydrogen) atoms. The number of fused-ring (bicyclic) bond motifs is 1. The van der Waals surface area contributed by atoms with Crippen molar-refractivity contribution in [3.63, 3.8) is 0 Å². The van der Waals surface area contributed by atoms with E-state index in [4.69, 9.17) is 32.9 Å². The number of nitrogens with one attached hydrogen (secondary N) is 2.